The summed E-state index contributed by atoms with van der Waals surface area (Å²) in [4.78, 5) is 7.32. The highest BCUT2D eigenvalue weighted by Crippen LogP contribution is 2.22. The Hall–Kier alpha value is -2.29. The van der Waals surface area contributed by atoms with Crippen molar-refractivity contribution < 1.29 is 4.74 Å². The van der Waals surface area contributed by atoms with E-state index in [-0.39, 0.29) is 0 Å². The van der Waals surface area contributed by atoms with Crippen LogP contribution in [0.25, 0.3) is 11.0 Å². The Morgan fingerprint density at radius 1 is 1.00 bits per heavy atom. The number of aromatic nitrogens is 2. The first kappa shape index (κ1) is 9.90. The number of nitrogens with one attached hydrogen (secondary N) is 1. The molecule has 0 atom stereocenters. The summed E-state index contributed by atoms with van der Waals surface area (Å²) in [5.74, 6) is 0.813. The molecular weight excluding hydrogens is 212 g/mol. The second kappa shape index (κ2) is 4.29. The number of rotatable bonds is 3. The van der Waals surface area contributed by atoms with Crippen LogP contribution in [0.1, 0.15) is 5.56 Å². The molecule has 1 aromatic heterocycles. The van der Waals surface area contributed by atoms with E-state index in [0.29, 0.717) is 6.61 Å². The normalized spacial score (nSPS) is 10.6. The van der Waals surface area contributed by atoms with E-state index in [0.717, 1.165) is 22.3 Å². The van der Waals surface area contributed by atoms with Gasteiger partial charge in [0.1, 0.15) is 17.9 Å². The first-order chi connectivity index (χ1) is 8.43. The molecule has 0 saturated heterocycles. The maximum absolute atomic E-state index is 5.78. The van der Waals surface area contributed by atoms with Crippen molar-refractivity contribution in [3.63, 3.8) is 0 Å². The lowest BCUT2D eigenvalue weighted by Gasteiger charge is -2.06. The van der Waals surface area contributed by atoms with Crippen LogP contribution in [0, 0.1) is 0 Å². The molecule has 0 aliphatic carbocycles. The summed E-state index contributed by atoms with van der Waals surface area (Å²) < 4.78 is 5.78. The van der Waals surface area contributed by atoms with Gasteiger partial charge in [-0.05, 0) is 17.7 Å². The van der Waals surface area contributed by atoms with Gasteiger partial charge in [0.15, 0.2) is 0 Å². The van der Waals surface area contributed by atoms with E-state index in [1.165, 1.54) is 0 Å². The molecule has 0 aliphatic heterocycles. The number of fused-ring (bicyclic) bond motifs is 1. The van der Waals surface area contributed by atoms with Gasteiger partial charge >= 0.3 is 0 Å². The SMILES string of the molecule is c1ccc(COc2cccc3[nH]cnc23)cc1. The lowest BCUT2D eigenvalue weighted by molar-refractivity contribution is 0.309. The first-order valence-electron chi connectivity index (χ1n) is 5.52. The molecule has 3 rings (SSSR count). The van der Waals surface area contributed by atoms with Crippen LogP contribution in [0.15, 0.2) is 54.9 Å². The summed E-state index contributed by atoms with van der Waals surface area (Å²) in [7, 11) is 0. The molecule has 3 heteroatoms. The number of ether oxygens (including phenoxy) is 1. The Morgan fingerprint density at radius 2 is 1.88 bits per heavy atom. The van der Waals surface area contributed by atoms with Gasteiger partial charge in [0, 0.05) is 0 Å². The van der Waals surface area contributed by atoms with Crippen molar-refractivity contribution in [3.8, 4) is 5.75 Å². The van der Waals surface area contributed by atoms with Crippen LogP contribution in [0.3, 0.4) is 0 Å². The standard InChI is InChI=1S/C14H12N2O/c1-2-5-11(6-3-1)9-17-13-8-4-7-12-14(13)16-10-15-12/h1-8,10H,9H2,(H,15,16). The van der Waals surface area contributed by atoms with Crippen LogP contribution in [-0.4, -0.2) is 9.97 Å². The van der Waals surface area contributed by atoms with E-state index in [2.05, 4.69) is 9.97 Å². The van der Waals surface area contributed by atoms with Gasteiger partial charge in [0.2, 0.25) is 0 Å². The predicted molar refractivity (Wildman–Crippen MR) is 66.9 cm³/mol. The van der Waals surface area contributed by atoms with E-state index in [4.69, 9.17) is 4.74 Å². The zero-order valence-electron chi connectivity index (χ0n) is 9.26. The molecule has 0 unspecified atom stereocenters. The van der Waals surface area contributed by atoms with Gasteiger partial charge in [-0.15, -0.1) is 0 Å². The van der Waals surface area contributed by atoms with E-state index in [9.17, 15) is 0 Å². The van der Waals surface area contributed by atoms with Gasteiger partial charge in [-0.3, -0.25) is 0 Å². The molecule has 0 spiro atoms. The van der Waals surface area contributed by atoms with Crippen LogP contribution in [0.2, 0.25) is 0 Å². The third kappa shape index (κ3) is 1.99. The molecule has 84 valence electrons. The minimum absolute atomic E-state index is 0.562. The summed E-state index contributed by atoms with van der Waals surface area (Å²) in [6.45, 7) is 0.562. The summed E-state index contributed by atoms with van der Waals surface area (Å²) in [6, 6.07) is 16.0. The van der Waals surface area contributed by atoms with Crippen molar-refractivity contribution in [3.05, 3.63) is 60.4 Å². The molecule has 0 radical (unpaired) electrons. The molecule has 0 bridgehead atoms. The minimum atomic E-state index is 0.562. The number of imidazole rings is 1. The highest BCUT2D eigenvalue weighted by atomic mass is 16.5. The van der Waals surface area contributed by atoms with Gasteiger partial charge in [-0.2, -0.15) is 0 Å². The van der Waals surface area contributed by atoms with Crippen LogP contribution < -0.4 is 4.74 Å². The lowest BCUT2D eigenvalue weighted by atomic mass is 10.2. The van der Waals surface area contributed by atoms with Gasteiger partial charge in [0.05, 0.1) is 11.8 Å². The largest absolute Gasteiger partial charge is 0.487 e. The van der Waals surface area contributed by atoms with Crippen molar-refractivity contribution in [2.75, 3.05) is 0 Å². The van der Waals surface area contributed by atoms with E-state index < -0.39 is 0 Å². The number of benzene rings is 2. The maximum atomic E-state index is 5.78. The fraction of sp³-hybridized carbons (Fsp3) is 0.0714. The second-order valence-corrected chi connectivity index (χ2v) is 3.83. The molecule has 0 amide bonds. The average molecular weight is 224 g/mol. The molecule has 17 heavy (non-hydrogen) atoms. The monoisotopic (exact) mass is 224 g/mol. The third-order valence-electron chi connectivity index (χ3n) is 2.65. The second-order valence-electron chi connectivity index (χ2n) is 3.83. The summed E-state index contributed by atoms with van der Waals surface area (Å²) >= 11 is 0. The highest BCUT2D eigenvalue weighted by Gasteiger charge is 2.03. The smallest absolute Gasteiger partial charge is 0.147 e. The van der Waals surface area contributed by atoms with Gasteiger partial charge < -0.3 is 9.72 Å². The van der Waals surface area contributed by atoms with Crippen LogP contribution >= 0.6 is 0 Å². The summed E-state index contributed by atoms with van der Waals surface area (Å²) in [5.41, 5.74) is 3.03. The maximum Gasteiger partial charge on any atom is 0.147 e. The molecule has 0 aliphatic rings. The predicted octanol–water partition coefficient (Wildman–Crippen LogP) is 3.14. The zero-order chi connectivity index (χ0) is 11.5. The van der Waals surface area contributed by atoms with Gasteiger partial charge in [0.25, 0.3) is 0 Å². The van der Waals surface area contributed by atoms with Crippen molar-refractivity contribution in [1.29, 1.82) is 0 Å². The number of para-hydroxylation sites is 1. The Kier molecular flexibility index (Phi) is 2.50. The summed E-state index contributed by atoms with van der Waals surface area (Å²) in [6.07, 6.45) is 1.68. The third-order valence-corrected chi connectivity index (χ3v) is 2.65. The molecule has 1 N–H and O–H groups in total. The molecule has 3 nitrogen and oxygen atoms in total. The van der Waals surface area contributed by atoms with Crippen LogP contribution in [0.5, 0.6) is 5.75 Å². The fourth-order valence-corrected chi connectivity index (χ4v) is 1.79. The molecule has 0 fully saturated rings. The first-order valence-corrected chi connectivity index (χ1v) is 5.52. The average Bonchev–Trinajstić information content (AvgIpc) is 2.86. The molecule has 1 heterocycles. The van der Waals surface area contributed by atoms with Crippen molar-refractivity contribution in [2.24, 2.45) is 0 Å². The number of hydrogen-bond donors (Lipinski definition) is 1. The Balaban J connectivity index is 1.84. The van der Waals surface area contributed by atoms with E-state index in [1.54, 1.807) is 6.33 Å². The van der Waals surface area contributed by atoms with Crippen LogP contribution in [-0.2, 0) is 6.61 Å². The molecule has 0 saturated carbocycles. The van der Waals surface area contributed by atoms with Crippen molar-refractivity contribution >= 4 is 11.0 Å². The Labute approximate surface area is 99.1 Å². The van der Waals surface area contributed by atoms with Crippen molar-refractivity contribution in [1.82, 2.24) is 9.97 Å². The van der Waals surface area contributed by atoms with E-state index in [1.807, 2.05) is 48.5 Å². The fourth-order valence-electron chi connectivity index (χ4n) is 1.79. The Bertz CT molecular complexity index is 616. The lowest BCUT2D eigenvalue weighted by Crippen LogP contribution is -1.95. The number of aromatic amines is 1. The molecular formula is C14H12N2O. The molecule has 3 aromatic rings. The van der Waals surface area contributed by atoms with Crippen molar-refractivity contribution in [2.45, 2.75) is 6.61 Å². The number of hydrogen-bond acceptors (Lipinski definition) is 2. The zero-order valence-corrected chi connectivity index (χ0v) is 9.26. The van der Waals surface area contributed by atoms with Crippen LogP contribution in [0.4, 0.5) is 0 Å². The van der Waals surface area contributed by atoms with E-state index >= 15 is 0 Å². The topological polar surface area (TPSA) is 37.9 Å². The molecule has 2 aromatic carbocycles. The number of nitrogens with zero attached hydrogens (tertiary/aromatic N) is 1. The minimum Gasteiger partial charge on any atom is -0.487 e. The van der Waals surface area contributed by atoms with Gasteiger partial charge in [-0.25, -0.2) is 4.98 Å². The van der Waals surface area contributed by atoms with Gasteiger partial charge in [-0.1, -0.05) is 36.4 Å². The summed E-state index contributed by atoms with van der Waals surface area (Å²) in [5, 5.41) is 0. The Morgan fingerprint density at radius 3 is 2.76 bits per heavy atom. The quantitative estimate of drug-likeness (QED) is 0.742. The number of H-pyrrole nitrogens is 1. The highest BCUT2D eigenvalue weighted by molar-refractivity contribution is 5.80.